The normalized spacial score (nSPS) is 14.9. The van der Waals surface area contributed by atoms with Gasteiger partial charge < -0.3 is 4.90 Å². The van der Waals surface area contributed by atoms with E-state index in [9.17, 15) is 23.3 Å². The maximum Gasteiger partial charge on any atom is 0.270 e. The Morgan fingerprint density at radius 2 is 1.72 bits per heavy atom. The molecule has 8 nitrogen and oxygen atoms in total. The molecule has 0 unspecified atom stereocenters. The van der Waals surface area contributed by atoms with Crippen LogP contribution in [0.2, 0.25) is 0 Å². The predicted molar refractivity (Wildman–Crippen MR) is 109 cm³/mol. The zero-order valence-corrected chi connectivity index (χ0v) is 16.9. The molecule has 154 valence electrons. The lowest BCUT2D eigenvalue weighted by atomic mass is 10.1. The van der Waals surface area contributed by atoms with E-state index in [1.165, 1.54) is 18.2 Å². The summed E-state index contributed by atoms with van der Waals surface area (Å²) in [4.78, 5) is 25.0. The van der Waals surface area contributed by atoms with Gasteiger partial charge in [-0.1, -0.05) is 31.0 Å². The van der Waals surface area contributed by atoms with Gasteiger partial charge in [0.15, 0.2) is 0 Å². The maximum absolute atomic E-state index is 13.0. The van der Waals surface area contributed by atoms with Crippen LogP contribution in [0, 0.1) is 17.0 Å². The van der Waals surface area contributed by atoms with Crippen molar-refractivity contribution in [2.24, 2.45) is 0 Å². The number of non-ortho nitro benzene ring substituents is 1. The zero-order valence-electron chi connectivity index (χ0n) is 16.1. The average Bonchev–Trinajstić information content (AvgIpc) is 2.97. The quantitative estimate of drug-likeness (QED) is 0.589. The van der Waals surface area contributed by atoms with Crippen molar-refractivity contribution in [3.05, 3.63) is 63.7 Å². The second-order valence-electron chi connectivity index (χ2n) is 7.06. The van der Waals surface area contributed by atoms with E-state index in [0.717, 1.165) is 31.7 Å². The van der Waals surface area contributed by atoms with Crippen molar-refractivity contribution in [2.75, 3.05) is 17.8 Å². The summed E-state index contributed by atoms with van der Waals surface area (Å²) in [6.45, 7) is 2.85. The minimum Gasteiger partial charge on any atom is -0.339 e. The van der Waals surface area contributed by atoms with Gasteiger partial charge >= 0.3 is 0 Å². The summed E-state index contributed by atoms with van der Waals surface area (Å²) in [6, 6.07) is 10.1. The molecule has 29 heavy (non-hydrogen) atoms. The largest absolute Gasteiger partial charge is 0.339 e. The number of nitrogens with one attached hydrogen (secondary N) is 1. The molecule has 0 aliphatic carbocycles. The van der Waals surface area contributed by atoms with Gasteiger partial charge in [0.05, 0.1) is 21.1 Å². The van der Waals surface area contributed by atoms with E-state index in [1.807, 2.05) is 0 Å². The van der Waals surface area contributed by atoms with E-state index in [2.05, 4.69) is 4.72 Å². The molecular formula is C20H23N3O5S. The van der Waals surface area contributed by atoms with E-state index < -0.39 is 14.9 Å². The molecule has 2 aromatic carbocycles. The fourth-order valence-electron chi connectivity index (χ4n) is 3.39. The standard InChI is InChI=1S/C20H23N3O5S/c1-15-10-11-16(23(25)26)14-19(15)29(27,28)21-18-9-5-4-8-17(18)20(24)22-12-6-2-3-7-13-22/h4-5,8-11,14,21H,2-3,6-7,12-13H2,1H3. The van der Waals surface area contributed by atoms with Crippen LogP contribution in [0.3, 0.4) is 0 Å². The first-order chi connectivity index (χ1) is 13.8. The van der Waals surface area contributed by atoms with Crippen LogP contribution in [0.1, 0.15) is 41.6 Å². The topological polar surface area (TPSA) is 110 Å². The molecule has 0 spiro atoms. The van der Waals surface area contributed by atoms with E-state index in [0.29, 0.717) is 18.7 Å². The van der Waals surface area contributed by atoms with Crippen molar-refractivity contribution in [1.82, 2.24) is 4.90 Å². The van der Waals surface area contributed by atoms with Crippen molar-refractivity contribution in [1.29, 1.82) is 0 Å². The van der Waals surface area contributed by atoms with E-state index >= 15 is 0 Å². The second kappa shape index (κ2) is 8.60. The number of carbonyl (C=O) groups is 1. The molecule has 0 aromatic heterocycles. The van der Waals surface area contributed by atoms with Crippen molar-refractivity contribution < 1.29 is 18.1 Å². The number of anilines is 1. The Kier molecular flexibility index (Phi) is 6.17. The third kappa shape index (κ3) is 4.73. The third-order valence-corrected chi connectivity index (χ3v) is 6.47. The number of hydrogen-bond donors (Lipinski definition) is 1. The Morgan fingerprint density at radius 3 is 2.38 bits per heavy atom. The Morgan fingerprint density at radius 1 is 1.07 bits per heavy atom. The van der Waals surface area contributed by atoms with Crippen LogP contribution in [0.5, 0.6) is 0 Å². The van der Waals surface area contributed by atoms with E-state index in [-0.39, 0.29) is 27.7 Å². The van der Waals surface area contributed by atoms with Crippen LogP contribution in [0.25, 0.3) is 0 Å². The van der Waals surface area contributed by atoms with Crippen LogP contribution >= 0.6 is 0 Å². The maximum atomic E-state index is 13.0. The number of nitro benzene ring substituents is 1. The number of para-hydroxylation sites is 1. The fraction of sp³-hybridized carbons (Fsp3) is 0.350. The zero-order chi connectivity index (χ0) is 21.0. The van der Waals surface area contributed by atoms with Crippen LogP contribution in [-0.4, -0.2) is 37.2 Å². The summed E-state index contributed by atoms with van der Waals surface area (Å²) in [7, 11) is -4.12. The number of amides is 1. The number of rotatable bonds is 5. The molecule has 1 saturated heterocycles. The minimum absolute atomic E-state index is 0.160. The van der Waals surface area contributed by atoms with Gasteiger partial charge in [0, 0.05) is 25.2 Å². The number of hydrogen-bond acceptors (Lipinski definition) is 5. The van der Waals surface area contributed by atoms with Crippen LogP contribution in [0.4, 0.5) is 11.4 Å². The highest BCUT2D eigenvalue weighted by atomic mass is 32.2. The molecular weight excluding hydrogens is 394 g/mol. The summed E-state index contributed by atoms with van der Waals surface area (Å²) in [5, 5.41) is 11.0. The lowest BCUT2D eigenvalue weighted by molar-refractivity contribution is -0.385. The van der Waals surface area contributed by atoms with Crippen LogP contribution in [-0.2, 0) is 10.0 Å². The van der Waals surface area contributed by atoms with Crippen molar-refractivity contribution in [3.63, 3.8) is 0 Å². The first-order valence-corrected chi connectivity index (χ1v) is 10.9. The highest BCUT2D eigenvalue weighted by molar-refractivity contribution is 7.92. The number of carbonyl (C=O) groups excluding carboxylic acids is 1. The van der Waals surface area contributed by atoms with Gasteiger partial charge in [-0.15, -0.1) is 0 Å². The molecule has 0 radical (unpaired) electrons. The molecule has 9 heteroatoms. The lowest BCUT2D eigenvalue weighted by Gasteiger charge is -2.22. The van der Waals surface area contributed by atoms with Gasteiger partial charge in [-0.05, 0) is 37.5 Å². The van der Waals surface area contributed by atoms with E-state index in [4.69, 9.17) is 0 Å². The summed E-state index contributed by atoms with van der Waals surface area (Å²) in [5.74, 6) is -0.221. The number of benzene rings is 2. The minimum atomic E-state index is -4.12. The monoisotopic (exact) mass is 417 g/mol. The number of sulfonamides is 1. The van der Waals surface area contributed by atoms with Gasteiger partial charge in [0.1, 0.15) is 0 Å². The average molecular weight is 417 g/mol. The first-order valence-electron chi connectivity index (χ1n) is 9.46. The van der Waals surface area contributed by atoms with Crippen LogP contribution in [0.15, 0.2) is 47.4 Å². The molecule has 0 bridgehead atoms. The predicted octanol–water partition coefficient (Wildman–Crippen LogP) is 3.72. The summed E-state index contributed by atoms with van der Waals surface area (Å²) in [6.07, 6.45) is 3.99. The highest BCUT2D eigenvalue weighted by Crippen LogP contribution is 2.26. The Bertz CT molecular complexity index is 1030. The molecule has 3 rings (SSSR count). The van der Waals surface area contributed by atoms with Gasteiger partial charge in [-0.2, -0.15) is 0 Å². The van der Waals surface area contributed by atoms with Crippen molar-refractivity contribution in [3.8, 4) is 0 Å². The second-order valence-corrected chi connectivity index (χ2v) is 8.72. The number of likely N-dealkylation sites (tertiary alicyclic amines) is 1. The van der Waals surface area contributed by atoms with E-state index in [1.54, 1.807) is 30.0 Å². The molecule has 1 aliphatic rings. The number of aryl methyl sites for hydroxylation is 1. The molecule has 1 heterocycles. The van der Waals surface area contributed by atoms with Gasteiger partial charge in [0.2, 0.25) is 0 Å². The smallest absolute Gasteiger partial charge is 0.270 e. The fourth-order valence-corrected chi connectivity index (χ4v) is 4.74. The summed E-state index contributed by atoms with van der Waals surface area (Å²) < 4.78 is 28.3. The molecule has 1 fully saturated rings. The van der Waals surface area contributed by atoms with Gasteiger partial charge in [0.25, 0.3) is 21.6 Å². The Hall–Kier alpha value is -2.94. The Labute approximate surface area is 169 Å². The van der Waals surface area contributed by atoms with Crippen molar-refractivity contribution in [2.45, 2.75) is 37.5 Å². The summed E-state index contributed by atoms with van der Waals surface area (Å²) >= 11 is 0. The van der Waals surface area contributed by atoms with Crippen LogP contribution < -0.4 is 4.72 Å². The number of nitro groups is 1. The molecule has 1 amide bonds. The third-order valence-electron chi connectivity index (χ3n) is 4.97. The lowest BCUT2D eigenvalue weighted by Crippen LogP contribution is -2.32. The molecule has 2 aromatic rings. The molecule has 0 saturated carbocycles. The van der Waals surface area contributed by atoms with Gasteiger partial charge in [-0.25, -0.2) is 8.42 Å². The summed E-state index contributed by atoms with van der Waals surface area (Å²) in [5.41, 5.74) is 0.484. The van der Waals surface area contributed by atoms with Gasteiger partial charge in [-0.3, -0.25) is 19.6 Å². The van der Waals surface area contributed by atoms with Crippen molar-refractivity contribution >= 4 is 27.3 Å². The Balaban J connectivity index is 1.93. The first kappa shape index (κ1) is 20.8. The highest BCUT2D eigenvalue weighted by Gasteiger charge is 2.25. The number of nitrogens with zero attached hydrogens (tertiary/aromatic N) is 2. The molecule has 0 atom stereocenters. The molecule has 1 N–H and O–H groups in total. The molecule has 1 aliphatic heterocycles. The SMILES string of the molecule is Cc1ccc([N+](=O)[O-])cc1S(=O)(=O)Nc1ccccc1C(=O)N1CCCCCC1.